The van der Waals surface area contributed by atoms with E-state index in [1.807, 2.05) is 19.5 Å². The van der Waals surface area contributed by atoms with Gasteiger partial charge < -0.3 is 8.85 Å². The van der Waals surface area contributed by atoms with Crippen molar-refractivity contribution in [3.63, 3.8) is 0 Å². The molecule has 0 spiro atoms. The average molecular weight is 230 g/mol. The molecule has 0 aliphatic rings. The van der Waals surface area contributed by atoms with Crippen LogP contribution in [0.15, 0.2) is 12.3 Å². The van der Waals surface area contributed by atoms with Crippen LogP contribution in [0.3, 0.4) is 0 Å². The number of hydrogen-bond acceptors (Lipinski definition) is 2. The molecule has 3 heteroatoms. The molecule has 0 amide bonds. The largest absolute Gasteiger partial charge is 0.392 e. The van der Waals surface area contributed by atoms with Gasteiger partial charge in [-0.2, -0.15) is 0 Å². The van der Waals surface area contributed by atoms with Gasteiger partial charge in [0.05, 0.1) is 0 Å². The van der Waals surface area contributed by atoms with E-state index in [2.05, 4.69) is 13.5 Å². The second-order valence-corrected chi connectivity index (χ2v) is 6.80. The fourth-order valence-electron chi connectivity index (χ4n) is 1.69. The Hall–Kier alpha value is -0.123. The van der Waals surface area contributed by atoms with Gasteiger partial charge in [0.15, 0.2) is 0 Å². The molecule has 0 saturated carbocycles. The molecule has 90 valence electrons. The molecule has 0 aliphatic carbocycles. The lowest BCUT2D eigenvalue weighted by Gasteiger charge is -2.26. The first-order chi connectivity index (χ1) is 7.24. The van der Waals surface area contributed by atoms with Gasteiger partial charge in [0.1, 0.15) is 0 Å². The van der Waals surface area contributed by atoms with Gasteiger partial charge in [0.2, 0.25) is 0 Å². The highest BCUT2D eigenvalue weighted by atomic mass is 28.4. The summed E-state index contributed by atoms with van der Waals surface area (Å²) < 4.78 is 11.6. The maximum absolute atomic E-state index is 5.80. The van der Waals surface area contributed by atoms with Crippen LogP contribution >= 0.6 is 0 Å². The van der Waals surface area contributed by atoms with Gasteiger partial charge >= 0.3 is 8.56 Å². The molecule has 0 saturated heterocycles. The van der Waals surface area contributed by atoms with Crippen molar-refractivity contribution in [2.45, 2.75) is 52.5 Å². The topological polar surface area (TPSA) is 18.5 Å². The zero-order valence-electron chi connectivity index (χ0n) is 10.6. The number of unbranched alkanes of at least 4 members (excludes halogenated alkanes) is 3. The van der Waals surface area contributed by atoms with Crippen molar-refractivity contribution < 1.29 is 8.85 Å². The van der Waals surface area contributed by atoms with E-state index in [-0.39, 0.29) is 0 Å². The second kappa shape index (κ2) is 9.13. The molecule has 0 rings (SSSR count). The summed E-state index contributed by atoms with van der Waals surface area (Å²) in [6, 6.07) is 1.05. The van der Waals surface area contributed by atoms with Gasteiger partial charge in [0, 0.05) is 13.2 Å². The van der Waals surface area contributed by atoms with Gasteiger partial charge in [-0.1, -0.05) is 32.6 Å². The molecule has 0 fully saturated rings. The van der Waals surface area contributed by atoms with Gasteiger partial charge in [0.25, 0.3) is 0 Å². The maximum atomic E-state index is 5.80. The highest BCUT2D eigenvalue weighted by Crippen LogP contribution is 2.19. The molecule has 0 bridgehead atoms. The van der Waals surface area contributed by atoms with E-state index in [1.54, 1.807) is 0 Å². The zero-order chi connectivity index (χ0) is 11.6. The van der Waals surface area contributed by atoms with Crippen LogP contribution in [0.4, 0.5) is 0 Å². The molecule has 0 radical (unpaired) electrons. The minimum Gasteiger partial charge on any atom is -0.392 e. The fourth-order valence-corrected chi connectivity index (χ4v) is 4.22. The summed E-state index contributed by atoms with van der Waals surface area (Å²) in [5.41, 5.74) is 1.94. The molecular weight excluding hydrogens is 204 g/mol. The molecule has 15 heavy (non-hydrogen) atoms. The van der Waals surface area contributed by atoms with Crippen LogP contribution in [0.1, 0.15) is 46.5 Å². The minimum absolute atomic E-state index is 0.728. The second-order valence-electron chi connectivity index (χ2n) is 3.69. The molecule has 2 nitrogen and oxygen atoms in total. The summed E-state index contributed by atoms with van der Waals surface area (Å²) >= 11 is 0. The average Bonchev–Trinajstić information content (AvgIpc) is 2.25. The van der Waals surface area contributed by atoms with E-state index < -0.39 is 8.56 Å². The third-order valence-electron chi connectivity index (χ3n) is 2.47. The van der Waals surface area contributed by atoms with E-state index in [0.717, 1.165) is 19.3 Å². The van der Waals surface area contributed by atoms with Crippen LogP contribution in [-0.2, 0) is 8.85 Å². The van der Waals surface area contributed by atoms with E-state index in [0.29, 0.717) is 0 Å². The molecule has 0 aromatic rings. The van der Waals surface area contributed by atoms with Crippen molar-refractivity contribution in [1.82, 2.24) is 0 Å². The first-order valence-corrected chi connectivity index (χ1v) is 8.26. The van der Waals surface area contributed by atoms with Crippen molar-refractivity contribution in [2.75, 3.05) is 13.2 Å². The molecule has 0 unspecified atom stereocenters. The van der Waals surface area contributed by atoms with E-state index in [4.69, 9.17) is 8.85 Å². The van der Waals surface area contributed by atoms with Crippen LogP contribution in [0, 0.1) is 0 Å². The SMILES string of the molecule is C=C[Si](CCCCCC)(OCC)OCC. The first kappa shape index (κ1) is 14.9. The lowest BCUT2D eigenvalue weighted by Crippen LogP contribution is -2.40. The Morgan fingerprint density at radius 3 is 2.00 bits per heavy atom. The highest BCUT2D eigenvalue weighted by Gasteiger charge is 2.32. The fraction of sp³-hybridized carbons (Fsp3) is 0.833. The number of hydrogen-bond donors (Lipinski definition) is 0. The Balaban J connectivity index is 4.02. The van der Waals surface area contributed by atoms with Crippen molar-refractivity contribution in [3.8, 4) is 0 Å². The zero-order valence-corrected chi connectivity index (χ0v) is 11.6. The van der Waals surface area contributed by atoms with E-state index in [9.17, 15) is 0 Å². The summed E-state index contributed by atoms with van der Waals surface area (Å²) in [6.07, 6.45) is 5.05. The summed E-state index contributed by atoms with van der Waals surface area (Å²) in [4.78, 5) is 0. The van der Waals surface area contributed by atoms with E-state index in [1.165, 1.54) is 25.7 Å². The lowest BCUT2D eigenvalue weighted by molar-refractivity contribution is 0.193. The molecule has 0 aliphatic heterocycles. The van der Waals surface area contributed by atoms with Crippen molar-refractivity contribution in [2.24, 2.45) is 0 Å². The first-order valence-electron chi connectivity index (χ1n) is 6.16. The van der Waals surface area contributed by atoms with Gasteiger partial charge in [-0.3, -0.25) is 0 Å². The molecule has 0 aromatic carbocycles. The Morgan fingerprint density at radius 1 is 1.00 bits per heavy atom. The van der Waals surface area contributed by atoms with Crippen LogP contribution < -0.4 is 0 Å². The maximum Gasteiger partial charge on any atom is 0.364 e. The predicted octanol–water partition coefficient (Wildman–Crippen LogP) is 3.81. The molecule has 0 aromatic heterocycles. The standard InChI is InChI=1S/C12H26O2Si/c1-5-9-10-11-12-15(8-4,13-6-2)14-7-3/h8H,4-7,9-12H2,1-3H3. The normalized spacial score (nSPS) is 11.7. The highest BCUT2D eigenvalue weighted by molar-refractivity contribution is 6.72. The van der Waals surface area contributed by atoms with Crippen LogP contribution in [0.2, 0.25) is 6.04 Å². The van der Waals surface area contributed by atoms with Gasteiger partial charge in [-0.05, 0) is 25.6 Å². The Morgan fingerprint density at radius 2 is 1.60 bits per heavy atom. The van der Waals surface area contributed by atoms with Crippen LogP contribution in [-0.4, -0.2) is 21.8 Å². The van der Waals surface area contributed by atoms with Gasteiger partial charge in [-0.15, -0.1) is 6.58 Å². The minimum atomic E-state index is -2.06. The smallest absolute Gasteiger partial charge is 0.364 e. The van der Waals surface area contributed by atoms with E-state index >= 15 is 0 Å². The summed E-state index contributed by atoms with van der Waals surface area (Å²) in [5, 5.41) is 0. The Labute approximate surface area is 95.9 Å². The van der Waals surface area contributed by atoms with Crippen molar-refractivity contribution in [1.29, 1.82) is 0 Å². The summed E-state index contributed by atoms with van der Waals surface area (Å²) in [5.74, 6) is 0. The quantitative estimate of drug-likeness (QED) is 0.420. The molecular formula is C12H26O2Si. The predicted molar refractivity (Wildman–Crippen MR) is 68.2 cm³/mol. The molecule has 0 N–H and O–H groups in total. The summed E-state index contributed by atoms with van der Waals surface area (Å²) in [6.45, 7) is 11.6. The number of rotatable bonds is 10. The third-order valence-corrected chi connectivity index (χ3v) is 5.69. The van der Waals surface area contributed by atoms with Crippen molar-refractivity contribution in [3.05, 3.63) is 12.3 Å². The van der Waals surface area contributed by atoms with Gasteiger partial charge in [-0.25, -0.2) is 0 Å². The Bertz CT molecular complexity index is 154. The van der Waals surface area contributed by atoms with Crippen LogP contribution in [0.5, 0.6) is 0 Å². The molecule has 0 heterocycles. The summed E-state index contributed by atoms with van der Waals surface area (Å²) in [7, 11) is -2.06. The molecule has 0 atom stereocenters. The monoisotopic (exact) mass is 230 g/mol. The Kier molecular flexibility index (Phi) is 9.05. The van der Waals surface area contributed by atoms with Crippen LogP contribution in [0.25, 0.3) is 0 Å². The van der Waals surface area contributed by atoms with Crippen molar-refractivity contribution >= 4 is 8.56 Å². The third kappa shape index (κ3) is 6.13. The lowest BCUT2D eigenvalue weighted by atomic mass is 10.2.